The minimum absolute atomic E-state index is 0.187. The van der Waals surface area contributed by atoms with E-state index in [1.807, 2.05) is 0 Å². The fraction of sp³-hybridized carbons (Fsp3) is 0.143. The summed E-state index contributed by atoms with van der Waals surface area (Å²) in [5.41, 5.74) is 1.80. The van der Waals surface area contributed by atoms with Crippen molar-refractivity contribution in [3.63, 3.8) is 0 Å². The summed E-state index contributed by atoms with van der Waals surface area (Å²) in [6, 6.07) is 7.06. The van der Waals surface area contributed by atoms with E-state index >= 15 is 0 Å². The molecule has 0 bridgehead atoms. The molecule has 0 saturated carbocycles. The second-order valence-corrected chi connectivity index (χ2v) is 4.26. The Kier molecular flexibility index (Phi) is 3.55. The number of phenolic OH excluding ortho intramolecular Hbond substituents is 2. The molecule has 0 fully saturated rings. The molecule has 2 aromatic carbocycles. The van der Waals surface area contributed by atoms with Crippen LogP contribution in [0.3, 0.4) is 0 Å². The van der Waals surface area contributed by atoms with Crippen LogP contribution in [0.25, 0.3) is 0 Å². The van der Waals surface area contributed by atoms with E-state index < -0.39 is 17.4 Å². The van der Waals surface area contributed by atoms with Gasteiger partial charge >= 0.3 is 0 Å². The van der Waals surface area contributed by atoms with Crippen molar-refractivity contribution in [2.45, 2.75) is 13.5 Å². The largest absolute Gasteiger partial charge is 0.508 e. The van der Waals surface area contributed by atoms with Crippen molar-refractivity contribution >= 4 is 5.69 Å². The Bertz CT molecular complexity index is 591. The quantitative estimate of drug-likeness (QED) is 0.746. The normalized spacial score (nSPS) is 10.5. The number of rotatable bonds is 3. The van der Waals surface area contributed by atoms with Gasteiger partial charge in [0, 0.05) is 12.2 Å². The highest BCUT2D eigenvalue weighted by molar-refractivity contribution is 5.50. The maximum atomic E-state index is 13.1. The predicted octanol–water partition coefficient (Wildman–Crippen LogP) is 3.30. The fourth-order valence-corrected chi connectivity index (χ4v) is 1.69. The fourth-order valence-electron chi connectivity index (χ4n) is 1.69. The number of aromatic hydroxyl groups is 2. The van der Waals surface area contributed by atoms with E-state index in [2.05, 4.69) is 5.32 Å². The van der Waals surface area contributed by atoms with E-state index in [1.165, 1.54) is 6.07 Å². The third-order valence-corrected chi connectivity index (χ3v) is 2.77. The van der Waals surface area contributed by atoms with Gasteiger partial charge in [-0.2, -0.15) is 0 Å². The number of phenols is 2. The Balaban J connectivity index is 2.12. The van der Waals surface area contributed by atoms with E-state index in [-0.39, 0.29) is 12.3 Å². The van der Waals surface area contributed by atoms with E-state index in [9.17, 15) is 13.9 Å². The Labute approximate surface area is 109 Å². The second-order valence-electron chi connectivity index (χ2n) is 4.26. The van der Waals surface area contributed by atoms with Crippen molar-refractivity contribution in [1.82, 2.24) is 0 Å². The Morgan fingerprint density at radius 1 is 1.05 bits per heavy atom. The van der Waals surface area contributed by atoms with Crippen molar-refractivity contribution in [1.29, 1.82) is 0 Å². The lowest BCUT2D eigenvalue weighted by Gasteiger charge is -2.09. The predicted molar refractivity (Wildman–Crippen MR) is 68.2 cm³/mol. The average Bonchev–Trinajstić information content (AvgIpc) is 2.37. The summed E-state index contributed by atoms with van der Waals surface area (Å²) in [7, 11) is 0. The van der Waals surface area contributed by atoms with Gasteiger partial charge in [0.15, 0.2) is 17.4 Å². The molecule has 0 aliphatic rings. The molecule has 0 spiro atoms. The van der Waals surface area contributed by atoms with Gasteiger partial charge in [0.05, 0.1) is 0 Å². The molecule has 100 valence electrons. The van der Waals surface area contributed by atoms with Crippen LogP contribution in [0.5, 0.6) is 11.5 Å². The number of aryl methyl sites for hydroxylation is 1. The first kappa shape index (κ1) is 13.1. The summed E-state index contributed by atoms with van der Waals surface area (Å²) in [4.78, 5) is 0. The topological polar surface area (TPSA) is 52.5 Å². The highest BCUT2D eigenvalue weighted by atomic mass is 19.1. The molecule has 0 aliphatic heterocycles. The summed E-state index contributed by atoms with van der Waals surface area (Å²) in [5.74, 6) is -2.76. The van der Waals surface area contributed by atoms with Gasteiger partial charge in [0.1, 0.15) is 5.75 Å². The molecule has 0 aromatic heterocycles. The third-order valence-electron chi connectivity index (χ3n) is 2.77. The number of benzene rings is 2. The summed E-state index contributed by atoms with van der Waals surface area (Å²) >= 11 is 0. The zero-order valence-corrected chi connectivity index (χ0v) is 10.2. The van der Waals surface area contributed by atoms with Crippen LogP contribution in [0.4, 0.5) is 14.5 Å². The smallest absolute Gasteiger partial charge is 0.187 e. The molecule has 0 amide bonds. The molecular weight excluding hydrogens is 252 g/mol. The standard InChI is InChI=1S/C14H13F2NO2/c1-8-4-10(2-3-13(8)18)17-7-9-5-11(15)14(19)12(16)6-9/h2-6,17-19H,7H2,1H3. The van der Waals surface area contributed by atoms with Gasteiger partial charge in [-0.25, -0.2) is 8.78 Å². The molecule has 0 aliphatic carbocycles. The van der Waals surface area contributed by atoms with Gasteiger partial charge in [0.25, 0.3) is 0 Å². The van der Waals surface area contributed by atoms with Gasteiger partial charge in [-0.05, 0) is 48.4 Å². The van der Waals surface area contributed by atoms with Gasteiger partial charge in [-0.1, -0.05) is 0 Å². The minimum atomic E-state index is -0.987. The average molecular weight is 265 g/mol. The molecule has 5 heteroatoms. The van der Waals surface area contributed by atoms with Crippen LogP contribution in [0.2, 0.25) is 0 Å². The van der Waals surface area contributed by atoms with Gasteiger partial charge in [0.2, 0.25) is 0 Å². The lowest BCUT2D eigenvalue weighted by atomic mass is 10.1. The first-order chi connectivity index (χ1) is 8.97. The number of nitrogens with one attached hydrogen (secondary N) is 1. The number of hydrogen-bond acceptors (Lipinski definition) is 3. The summed E-state index contributed by atoms with van der Waals surface area (Å²) in [6.07, 6.45) is 0. The molecule has 3 N–H and O–H groups in total. The van der Waals surface area contributed by atoms with Crippen LogP contribution in [-0.4, -0.2) is 10.2 Å². The van der Waals surface area contributed by atoms with Crippen molar-refractivity contribution in [3.05, 3.63) is 53.1 Å². The zero-order chi connectivity index (χ0) is 14.0. The molecule has 2 rings (SSSR count). The maximum absolute atomic E-state index is 13.1. The Hall–Kier alpha value is -2.30. The highest BCUT2D eigenvalue weighted by Crippen LogP contribution is 2.23. The van der Waals surface area contributed by atoms with E-state index in [4.69, 9.17) is 5.11 Å². The van der Waals surface area contributed by atoms with Gasteiger partial charge in [-0.3, -0.25) is 0 Å². The molecule has 0 radical (unpaired) electrons. The highest BCUT2D eigenvalue weighted by Gasteiger charge is 2.09. The first-order valence-corrected chi connectivity index (χ1v) is 5.68. The van der Waals surface area contributed by atoms with Crippen molar-refractivity contribution in [3.8, 4) is 11.5 Å². The lowest BCUT2D eigenvalue weighted by Crippen LogP contribution is -2.01. The summed E-state index contributed by atoms with van der Waals surface area (Å²) < 4.78 is 26.3. The number of hydrogen-bond donors (Lipinski definition) is 3. The monoisotopic (exact) mass is 265 g/mol. The second kappa shape index (κ2) is 5.14. The maximum Gasteiger partial charge on any atom is 0.187 e. The Morgan fingerprint density at radius 2 is 1.68 bits per heavy atom. The SMILES string of the molecule is Cc1cc(NCc2cc(F)c(O)c(F)c2)ccc1O. The molecule has 3 nitrogen and oxygen atoms in total. The van der Waals surface area contributed by atoms with Crippen molar-refractivity contribution in [2.24, 2.45) is 0 Å². The molecule has 0 atom stereocenters. The zero-order valence-electron chi connectivity index (χ0n) is 10.2. The van der Waals surface area contributed by atoms with Crippen LogP contribution in [0.1, 0.15) is 11.1 Å². The van der Waals surface area contributed by atoms with Crippen molar-refractivity contribution in [2.75, 3.05) is 5.32 Å². The number of anilines is 1. The van der Waals surface area contributed by atoms with Gasteiger partial charge in [-0.15, -0.1) is 0 Å². The van der Waals surface area contributed by atoms with E-state index in [0.29, 0.717) is 11.1 Å². The summed E-state index contributed by atoms with van der Waals surface area (Å²) in [5, 5.41) is 21.3. The molecule has 2 aromatic rings. The molecule has 0 saturated heterocycles. The minimum Gasteiger partial charge on any atom is -0.508 e. The lowest BCUT2D eigenvalue weighted by molar-refractivity contribution is 0.395. The van der Waals surface area contributed by atoms with Crippen LogP contribution >= 0.6 is 0 Å². The van der Waals surface area contributed by atoms with Gasteiger partial charge < -0.3 is 15.5 Å². The first-order valence-electron chi connectivity index (χ1n) is 5.68. The number of halogens is 2. The van der Waals surface area contributed by atoms with E-state index in [0.717, 1.165) is 17.8 Å². The van der Waals surface area contributed by atoms with Crippen LogP contribution in [-0.2, 0) is 6.54 Å². The van der Waals surface area contributed by atoms with E-state index in [1.54, 1.807) is 19.1 Å². The molecular formula is C14H13F2NO2. The van der Waals surface area contributed by atoms with Crippen LogP contribution in [0, 0.1) is 18.6 Å². The molecule has 19 heavy (non-hydrogen) atoms. The Morgan fingerprint density at radius 3 is 2.26 bits per heavy atom. The molecule has 0 unspecified atom stereocenters. The van der Waals surface area contributed by atoms with Crippen LogP contribution in [0.15, 0.2) is 30.3 Å². The summed E-state index contributed by atoms with van der Waals surface area (Å²) in [6.45, 7) is 1.96. The van der Waals surface area contributed by atoms with Crippen LogP contribution < -0.4 is 5.32 Å². The van der Waals surface area contributed by atoms with Crippen molar-refractivity contribution < 1.29 is 19.0 Å². The molecule has 0 heterocycles. The third kappa shape index (κ3) is 2.93.